The molecule has 0 aromatic heterocycles. The smallest absolute Gasteiger partial charge is 0.105 e. The van der Waals surface area contributed by atoms with Gasteiger partial charge in [0.1, 0.15) is 6.10 Å². The fourth-order valence-corrected chi connectivity index (χ4v) is 5.13. The van der Waals surface area contributed by atoms with E-state index in [2.05, 4.69) is 36.1 Å². The molecule has 1 atom stereocenters. The quantitative estimate of drug-likeness (QED) is 0.104. The van der Waals surface area contributed by atoms with Crippen LogP contribution in [0.15, 0.2) is 30.3 Å². The summed E-state index contributed by atoms with van der Waals surface area (Å²) in [5.74, 6) is 0. The van der Waals surface area contributed by atoms with Crippen molar-refractivity contribution >= 4 is 0 Å². The monoisotopic (exact) mass is 547 g/mol. The second-order valence-electron chi connectivity index (χ2n) is 11.3. The Morgan fingerprint density at radius 2 is 1.18 bits per heavy atom. The molecule has 0 N–H and O–H groups in total. The van der Waals surface area contributed by atoms with Gasteiger partial charge in [0.25, 0.3) is 0 Å². The molecule has 5 nitrogen and oxygen atoms in total. The van der Waals surface area contributed by atoms with Gasteiger partial charge in [-0.2, -0.15) is 0 Å². The highest BCUT2D eigenvalue weighted by atomic mass is 16.6. The van der Waals surface area contributed by atoms with Gasteiger partial charge in [0.2, 0.25) is 0 Å². The Bertz CT molecular complexity index is 623. The van der Waals surface area contributed by atoms with E-state index in [1.54, 1.807) is 0 Å². The summed E-state index contributed by atoms with van der Waals surface area (Å²) < 4.78 is 23.6. The number of morpholine rings is 1. The Labute approximate surface area is 241 Å². The fourth-order valence-electron chi connectivity index (χ4n) is 5.13. The van der Waals surface area contributed by atoms with Crippen molar-refractivity contribution in [3.05, 3.63) is 35.9 Å². The normalized spacial score (nSPS) is 15.1. The van der Waals surface area contributed by atoms with Gasteiger partial charge in [0.15, 0.2) is 0 Å². The average Bonchev–Trinajstić information content (AvgIpc) is 2.98. The molecule has 0 radical (unpaired) electrons. The van der Waals surface area contributed by atoms with Crippen molar-refractivity contribution in [2.24, 2.45) is 0 Å². The minimum Gasteiger partial charge on any atom is -0.379 e. The Balaban J connectivity index is 1.45. The van der Waals surface area contributed by atoms with Gasteiger partial charge in [-0.1, -0.05) is 121 Å². The predicted molar refractivity (Wildman–Crippen MR) is 163 cm³/mol. The lowest BCUT2D eigenvalue weighted by atomic mass is 10.0. The van der Waals surface area contributed by atoms with Crippen molar-refractivity contribution in [2.75, 3.05) is 59.3 Å². The summed E-state index contributed by atoms with van der Waals surface area (Å²) in [7, 11) is 0. The molecule has 0 unspecified atom stereocenters. The minimum absolute atomic E-state index is 0.0175. The van der Waals surface area contributed by atoms with E-state index in [1.807, 2.05) is 6.07 Å². The summed E-state index contributed by atoms with van der Waals surface area (Å²) in [6, 6.07) is 10.4. The second-order valence-corrected chi connectivity index (χ2v) is 11.3. The molecule has 0 amide bonds. The van der Waals surface area contributed by atoms with E-state index in [0.29, 0.717) is 19.8 Å². The summed E-state index contributed by atoms with van der Waals surface area (Å²) in [5.41, 5.74) is 1.19. The Hall–Kier alpha value is -0.980. The molecule has 1 aromatic rings. The van der Waals surface area contributed by atoms with Crippen LogP contribution < -0.4 is 0 Å². The maximum atomic E-state index is 6.18. The Morgan fingerprint density at radius 3 is 1.74 bits per heavy atom. The van der Waals surface area contributed by atoms with E-state index in [0.717, 1.165) is 58.9 Å². The largest absolute Gasteiger partial charge is 0.379 e. The summed E-state index contributed by atoms with van der Waals surface area (Å²) in [6.45, 7) is 10.7. The maximum absolute atomic E-state index is 6.18. The number of hydrogen-bond donors (Lipinski definition) is 0. The lowest BCUT2D eigenvalue weighted by Gasteiger charge is -2.26. The maximum Gasteiger partial charge on any atom is 0.105 e. The molecule has 1 fully saturated rings. The first kappa shape index (κ1) is 34.2. The average molecular weight is 548 g/mol. The number of ether oxygens (including phenoxy) is 4. The molecule has 5 heteroatoms. The molecule has 2 rings (SSSR count). The zero-order chi connectivity index (χ0) is 27.5. The number of rotatable bonds is 27. The highest BCUT2D eigenvalue weighted by Gasteiger charge is 2.12. The lowest BCUT2D eigenvalue weighted by molar-refractivity contribution is -0.0675. The number of nitrogens with zero attached hydrogens (tertiary/aromatic N) is 1. The SMILES string of the molecule is CCCCCCCCCCCCCCCCOC[C@@H](COCCCCN1CCOCC1)OCc1ccccc1. The van der Waals surface area contributed by atoms with Crippen LogP contribution in [0.2, 0.25) is 0 Å². The van der Waals surface area contributed by atoms with Gasteiger partial charge in [-0.25, -0.2) is 0 Å². The van der Waals surface area contributed by atoms with E-state index in [1.165, 1.54) is 95.5 Å². The van der Waals surface area contributed by atoms with E-state index in [9.17, 15) is 0 Å². The molecular weight excluding hydrogens is 486 g/mol. The van der Waals surface area contributed by atoms with Crippen molar-refractivity contribution in [1.82, 2.24) is 4.90 Å². The molecule has 0 bridgehead atoms. The van der Waals surface area contributed by atoms with Gasteiger partial charge in [0.05, 0.1) is 33.0 Å². The van der Waals surface area contributed by atoms with Crippen molar-refractivity contribution < 1.29 is 18.9 Å². The third kappa shape index (κ3) is 20.5. The number of hydrogen-bond acceptors (Lipinski definition) is 5. The third-order valence-electron chi connectivity index (χ3n) is 7.69. The highest BCUT2D eigenvalue weighted by molar-refractivity contribution is 5.13. The molecular formula is C34H61NO4. The van der Waals surface area contributed by atoms with E-state index in [4.69, 9.17) is 18.9 Å². The summed E-state index contributed by atoms with van der Waals surface area (Å²) in [4.78, 5) is 2.49. The topological polar surface area (TPSA) is 40.2 Å². The molecule has 1 aliphatic heterocycles. The zero-order valence-electron chi connectivity index (χ0n) is 25.4. The van der Waals surface area contributed by atoms with Crippen LogP contribution in [0.5, 0.6) is 0 Å². The summed E-state index contributed by atoms with van der Waals surface area (Å²) in [6.07, 6.45) is 21.6. The minimum atomic E-state index is -0.0175. The van der Waals surface area contributed by atoms with Crippen molar-refractivity contribution in [1.29, 1.82) is 0 Å². The standard InChI is InChI=1S/C34H61NO4/c1-2-3-4-5-6-7-8-9-10-11-12-13-14-19-26-37-31-34(39-30-33-21-16-15-17-22-33)32-38-27-20-18-23-35-24-28-36-29-25-35/h15-17,21-22,34H,2-14,18-20,23-32H2,1H3/t34-/m0/s1. The lowest BCUT2D eigenvalue weighted by Crippen LogP contribution is -2.36. The first-order chi connectivity index (χ1) is 19.4. The Morgan fingerprint density at radius 1 is 0.667 bits per heavy atom. The van der Waals surface area contributed by atoms with Gasteiger partial charge < -0.3 is 18.9 Å². The molecule has 0 saturated carbocycles. The first-order valence-electron chi connectivity index (χ1n) is 16.5. The van der Waals surface area contributed by atoms with Crippen molar-refractivity contribution in [2.45, 2.75) is 122 Å². The van der Waals surface area contributed by atoms with Gasteiger partial charge in [-0.05, 0) is 31.4 Å². The molecule has 1 saturated heterocycles. The molecule has 1 aliphatic rings. The van der Waals surface area contributed by atoms with Gasteiger partial charge >= 0.3 is 0 Å². The molecule has 0 aliphatic carbocycles. The Kier molecular flexibility index (Phi) is 22.8. The van der Waals surface area contributed by atoms with Crippen LogP contribution in [0.1, 0.15) is 115 Å². The summed E-state index contributed by atoms with van der Waals surface area (Å²) in [5, 5.41) is 0. The number of unbranched alkanes of at least 4 members (excludes halogenated alkanes) is 14. The van der Waals surface area contributed by atoms with E-state index >= 15 is 0 Å². The first-order valence-corrected chi connectivity index (χ1v) is 16.5. The second kappa shape index (κ2) is 26.0. The van der Waals surface area contributed by atoms with Crippen LogP contribution >= 0.6 is 0 Å². The van der Waals surface area contributed by atoms with Crippen LogP contribution in [0.3, 0.4) is 0 Å². The predicted octanol–water partition coefficient (Wildman–Crippen LogP) is 8.20. The van der Waals surface area contributed by atoms with Crippen LogP contribution in [0, 0.1) is 0 Å². The summed E-state index contributed by atoms with van der Waals surface area (Å²) >= 11 is 0. The molecule has 226 valence electrons. The molecule has 0 spiro atoms. The van der Waals surface area contributed by atoms with E-state index in [-0.39, 0.29) is 6.10 Å². The third-order valence-corrected chi connectivity index (χ3v) is 7.69. The van der Waals surface area contributed by atoms with Gasteiger partial charge in [0, 0.05) is 26.3 Å². The van der Waals surface area contributed by atoms with Gasteiger partial charge in [-0.3, -0.25) is 4.90 Å². The molecule has 39 heavy (non-hydrogen) atoms. The van der Waals surface area contributed by atoms with E-state index < -0.39 is 0 Å². The molecule has 1 aromatic carbocycles. The van der Waals surface area contributed by atoms with Crippen LogP contribution in [-0.2, 0) is 25.6 Å². The van der Waals surface area contributed by atoms with Crippen LogP contribution in [0.4, 0.5) is 0 Å². The highest BCUT2D eigenvalue weighted by Crippen LogP contribution is 2.13. The number of benzene rings is 1. The zero-order valence-corrected chi connectivity index (χ0v) is 25.4. The van der Waals surface area contributed by atoms with Crippen LogP contribution in [-0.4, -0.2) is 70.3 Å². The van der Waals surface area contributed by atoms with Gasteiger partial charge in [-0.15, -0.1) is 0 Å². The molecule has 1 heterocycles. The van der Waals surface area contributed by atoms with Crippen molar-refractivity contribution in [3.63, 3.8) is 0 Å². The van der Waals surface area contributed by atoms with Crippen molar-refractivity contribution in [3.8, 4) is 0 Å². The fraction of sp³-hybridized carbons (Fsp3) is 0.824. The van der Waals surface area contributed by atoms with Crippen LogP contribution in [0.25, 0.3) is 0 Å².